The van der Waals surface area contributed by atoms with Gasteiger partial charge in [-0.2, -0.15) is 0 Å². The number of piperazine rings is 1. The van der Waals surface area contributed by atoms with Crippen molar-refractivity contribution in [2.75, 3.05) is 51.3 Å². The first kappa shape index (κ1) is 19.2. The number of benzene rings is 2. The Morgan fingerprint density at radius 3 is 2.48 bits per heavy atom. The molecule has 1 saturated heterocycles. The van der Waals surface area contributed by atoms with Gasteiger partial charge in [0.15, 0.2) is 0 Å². The van der Waals surface area contributed by atoms with Gasteiger partial charge in [0.25, 0.3) is 0 Å². The van der Waals surface area contributed by atoms with Crippen LogP contribution in [-0.2, 0) is 11.2 Å². The van der Waals surface area contributed by atoms with Crippen LogP contribution in [0.4, 0.5) is 10.1 Å². The van der Waals surface area contributed by atoms with Crippen molar-refractivity contribution >= 4 is 11.6 Å². The average molecular weight is 371 g/mol. The molecule has 1 aliphatic rings. The maximum atomic E-state index is 12.9. The van der Waals surface area contributed by atoms with Crippen LogP contribution in [0.15, 0.2) is 48.5 Å². The zero-order chi connectivity index (χ0) is 19.1. The number of carbonyl (C=O) groups is 1. The molecule has 0 atom stereocenters. The molecule has 6 heteroatoms. The summed E-state index contributed by atoms with van der Waals surface area (Å²) in [6, 6.07) is 14.4. The van der Waals surface area contributed by atoms with Gasteiger partial charge in [-0.3, -0.25) is 4.79 Å². The molecule has 1 amide bonds. The van der Waals surface area contributed by atoms with E-state index >= 15 is 0 Å². The number of amides is 1. The molecule has 27 heavy (non-hydrogen) atoms. The first-order chi connectivity index (χ1) is 13.2. The van der Waals surface area contributed by atoms with Crippen LogP contribution in [0.1, 0.15) is 5.56 Å². The van der Waals surface area contributed by atoms with Gasteiger partial charge >= 0.3 is 0 Å². The fourth-order valence-corrected chi connectivity index (χ4v) is 3.28. The number of para-hydroxylation sites is 2. The minimum atomic E-state index is -0.228. The minimum Gasteiger partial charge on any atom is -0.495 e. The summed E-state index contributed by atoms with van der Waals surface area (Å²) >= 11 is 0. The second-order valence-electron chi connectivity index (χ2n) is 6.59. The highest BCUT2D eigenvalue weighted by Crippen LogP contribution is 2.28. The number of methoxy groups -OCH3 is 1. The van der Waals surface area contributed by atoms with Crippen LogP contribution in [0.2, 0.25) is 0 Å². The van der Waals surface area contributed by atoms with Crippen LogP contribution in [0.3, 0.4) is 0 Å². The molecule has 1 aliphatic heterocycles. The summed E-state index contributed by atoms with van der Waals surface area (Å²) in [6.45, 7) is 4.02. The van der Waals surface area contributed by atoms with Gasteiger partial charge in [0.2, 0.25) is 5.91 Å². The highest BCUT2D eigenvalue weighted by molar-refractivity contribution is 5.78. The number of carbonyl (C=O) groups excluding carboxylic acids is 1. The standard InChI is InChI=1S/C21H26FN3O2/c1-27-20-5-3-2-4-19(20)24-12-14-25(15-13-24)21(26)16-23-11-10-17-6-8-18(22)9-7-17/h2-9,23H,10-16H2,1H3. The Bertz CT molecular complexity index is 743. The predicted octanol–water partition coefficient (Wildman–Crippen LogP) is 2.32. The van der Waals surface area contributed by atoms with Crippen molar-refractivity contribution in [2.45, 2.75) is 6.42 Å². The third-order valence-corrected chi connectivity index (χ3v) is 4.84. The Balaban J connectivity index is 1.40. The summed E-state index contributed by atoms with van der Waals surface area (Å²) in [5, 5.41) is 3.19. The molecule has 5 nitrogen and oxygen atoms in total. The molecule has 0 aliphatic carbocycles. The zero-order valence-corrected chi connectivity index (χ0v) is 15.7. The van der Waals surface area contributed by atoms with E-state index in [1.807, 2.05) is 29.2 Å². The van der Waals surface area contributed by atoms with E-state index in [2.05, 4.69) is 10.2 Å². The minimum absolute atomic E-state index is 0.119. The van der Waals surface area contributed by atoms with Crippen molar-refractivity contribution in [2.24, 2.45) is 0 Å². The highest BCUT2D eigenvalue weighted by Gasteiger charge is 2.22. The second-order valence-corrected chi connectivity index (χ2v) is 6.59. The Kier molecular flexibility index (Phi) is 6.65. The van der Waals surface area contributed by atoms with E-state index in [9.17, 15) is 9.18 Å². The summed E-state index contributed by atoms with van der Waals surface area (Å²) in [5.74, 6) is 0.752. The second kappa shape index (κ2) is 9.37. The smallest absolute Gasteiger partial charge is 0.236 e. The SMILES string of the molecule is COc1ccccc1N1CCN(C(=O)CNCCc2ccc(F)cc2)CC1. The molecule has 1 heterocycles. The molecule has 1 N–H and O–H groups in total. The molecule has 3 rings (SSSR count). The van der Waals surface area contributed by atoms with E-state index in [1.165, 1.54) is 12.1 Å². The van der Waals surface area contributed by atoms with E-state index in [-0.39, 0.29) is 11.7 Å². The molecule has 0 spiro atoms. The van der Waals surface area contributed by atoms with Gasteiger partial charge in [-0.05, 0) is 42.8 Å². The Hall–Kier alpha value is -2.60. The lowest BCUT2D eigenvalue weighted by Gasteiger charge is -2.36. The van der Waals surface area contributed by atoms with Crippen LogP contribution in [-0.4, -0.2) is 57.2 Å². The quantitative estimate of drug-likeness (QED) is 0.759. The predicted molar refractivity (Wildman–Crippen MR) is 105 cm³/mol. The molecule has 0 bridgehead atoms. The van der Waals surface area contributed by atoms with Crippen LogP contribution in [0, 0.1) is 5.82 Å². The third-order valence-electron chi connectivity index (χ3n) is 4.84. The van der Waals surface area contributed by atoms with Crippen molar-refractivity contribution in [1.29, 1.82) is 0 Å². The number of ether oxygens (including phenoxy) is 1. The van der Waals surface area contributed by atoms with Crippen LogP contribution >= 0.6 is 0 Å². The molecule has 2 aromatic rings. The molecule has 0 aromatic heterocycles. The fraction of sp³-hybridized carbons (Fsp3) is 0.381. The summed E-state index contributed by atoms with van der Waals surface area (Å²) in [5.41, 5.74) is 2.13. The number of nitrogens with zero attached hydrogens (tertiary/aromatic N) is 2. The van der Waals surface area contributed by atoms with E-state index in [0.29, 0.717) is 26.2 Å². The summed E-state index contributed by atoms with van der Waals surface area (Å²) in [6.07, 6.45) is 0.773. The molecule has 0 saturated carbocycles. The normalized spacial score (nSPS) is 14.3. The Morgan fingerprint density at radius 2 is 1.78 bits per heavy atom. The Labute approximate surface area is 159 Å². The van der Waals surface area contributed by atoms with Crippen molar-refractivity contribution in [3.63, 3.8) is 0 Å². The first-order valence-corrected chi connectivity index (χ1v) is 9.28. The number of rotatable bonds is 7. The summed E-state index contributed by atoms with van der Waals surface area (Å²) in [7, 11) is 1.68. The third kappa shape index (κ3) is 5.20. The number of nitrogens with one attached hydrogen (secondary N) is 1. The van der Waals surface area contributed by atoms with Crippen LogP contribution in [0.25, 0.3) is 0 Å². The number of hydrogen-bond donors (Lipinski definition) is 1. The lowest BCUT2D eigenvalue weighted by molar-refractivity contribution is -0.130. The van der Waals surface area contributed by atoms with Crippen molar-refractivity contribution in [3.8, 4) is 5.75 Å². The van der Waals surface area contributed by atoms with E-state index in [1.54, 1.807) is 19.2 Å². The van der Waals surface area contributed by atoms with Gasteiger partial charge in [-0.25, -0.2) is 4.39 Å². The molecule has 1 fully saturated rings. The lowest BCUT2D eigenvalue weighted by Crippen LogP contribution is -2.51. The molecular formula is C21H26FN3O2. The number of hydrogen-bond acceptors (Lipinski definition) is 4. The van der Waals surface area contributed by atoms with E-state index in [0.717, 1.165) is 36.5 Å². The maximum Gasteiger partial charge on any atom is 0.236 e. The monoisotopic (exact) mass is 371 g/mol. The summed E-state index contributed by atoms with van der Waals surface area (Å²) in [4.78, 5) is 16.5. The van der Waals surface area contributed by atoms with Crippen LogP contribution < -0.4 is 15.0 Å². The molecule has 144 valence electrons. The van der Waals surface area contributed by atoms with Crippen molar-refractivity contribution in [3.05, 3.63) is 59.9 Å². The zero-order valence-electron chi connectivity index (χ0n) is 15.7. The maximum absolute atomic E-state index is 12.9. The topological polar surface area (TPSA) is 44.8 Å². The number of anilines is 1. The summed E-state index contributed by atoms with van der Waals surface area (Å²) < 4.78 is 18.3. The van der Waals surface area contributed by atoms with Gasteiger partial charge in [-0.1, -0.05) is 24.3 Å². The van der Waals surface area contributed by atoms with Gasteiger partial charge in [0.05, 0.1) is 19.3 Å². The van der Waals surface area contributed by atoms with Crippen molar-refractivity contribution in [1.82, 2.24) is 10.2 Å². The molecule has 2 aromatic carbocycles. The van der Waals surface area contributed by atoms with E-state index in [4.69, 9.17) is 4.74 Å². The highest BCUT2D eigenvalue weighted by atomic mass is 19.1. The lowest BCUT2D eigenvalue weighted by atomic mass is 10.1. The molecular weight excluding hydrogens is 345 g/mol. The van der Waals surface area contributed by atoms with Gasteiger partial charge in [0, 0.05) is 26.2 Å². The average Bonchev–Trinajstić information content (AvgIpc) is 2.72. The first-order valence-electron chi connectivity index (χ1n) is 9.28. The molecule has 0 unspecified atom stereocenters. The molecule has 0 radical (unpaired) electrons. The van der Waals surface area contributed by atoms with Crippen molar-refractivity contribution < 1.29 is 13.9 Å². The van der Waals surface area contributed by atoms with Gasteiger partial charge in [0.1, 0.15) is 11.6 Å². The van der Waals surface area contributed by atoms with Gasteiger partial charge < -0.3 is 19.9 Å². The number of halogens is 1. The van der Waals surface area contributed by atoms with Crippen LogP contribution in [0.5, 0.6) is 5.75 Å². The van der Waals surface area contributed by atoms with Gasteiger partial charge in [-0.15, -0.1) is 0 Å². The Morgan fingerprint density at radius 1 is 1.07 bits per heavy atom. The van der Waals surface area contributed by atoms with E-state index < -0.39 is 0 Å². The largest absolute Gasteiger partial charge is 0.495 e. The fourth-order valence-electron chi connectivity index (χ4n) is 3.28.